The van der Waals surface area contributed by atoms with Gasteiger partial charge < -0.3 is 15.5 Å². The van der Waals surface area contributed by atoms with E-state index >= 15 is 0 Å². The Bertz CT molecular complexity index is 581. The smallest absolute Gasteiger partial charge is 0.127 e. The van der Waals surface area contributed by atoms with Gasteiger partial charge in [0.05, 0.1) is 0 Å². The molecule has 20 heavy (non-hydrogen) atoms. The molecule has 2 aromatic carbocycles. The summed E-state index contributed by atoms with van der Waals surface area (Å²) in [5, 5.41) is 22.2. The van der Waals surface area contributed by atoms with Crippen molar-refractivity contribution in [1.29, 1.82) is 0 Å². The predicted molar refractivity (Wildman–Crippen MR) is 76.1 cm³/mol. The Labute approximate surface area is 117 Å². The van der Waals surface area contributed by atoms with Gasteiger partial charge in [-0.25, -0.2) is 4.39 Å². The lowest BCUT2D eigenvalue weighted by Gasteiger charge is -2.21. The van der Waals surface area contributed by atoms with Crippen molar-refractivity contribution in [3.8, 4) is 11.5 Å². The van der Waals surface area contributed by atoms with Gasteiger partial charge in [0.15, 0.2) is 0 Å². The van der Waals surface area contributed by atoms with Gasteiger partial charge in [-0.2, -0.15) is 0 Å². The predicted octanol–water partition coefficient (Wildman–Crippen LogP) is 3.65. The van der Waals surface area contributed by atoms with Crippen molar-refractivity contribution in [2.45, 2.75) is 25.9 Å². The highest BCUT2D eigenvalue weighted by Crippen LogP contribution is 2.27. The van der Waals surface area contributed by atoms with Crippen LogP contribution in [0, 0.1) is 5.82 Å². The number of aromatic hydroxyl groups is 2. The maximum absolute atomic E-state index is 13.7. The molecule has 2 rings (SSSR count). The fourth-order valence-corrected chi connectivity index (χ4v) is 2.26. The zero-order chi connectivity index (χ0) is 14.7. The molecule has 0 amide bonds. The molecular formula is C16H18FNO2. The maximum Gasteiger partial charge on any atom is 0.127 e. The number of hydrogen-bond donors (Lipinski definition) is 3. The third-order valence-electron chi connectivity index (χ3n) is 3.30. The van der Waals surface area contributed by atoms with Crippen LogP contribution in [0.15, 0.2) is 42.5 Å². The molecule has 2 aromatic rings. The van der Waals surface area contributed by atoms with E-state index in [0.717, 1.165) is 5.56 Å². The SMILES string of the molecule is CC(N[C@H](C)c1ccccc1F)c1cc(O)cc(O)c1. The van der Waals surface area contributed by atoms with E-state index in [9.17, 15) is 14.6 Å². The lowest BCUT2D eigenvalue weighted by Crippen LogP contribution is -2.23. The van der Waals surface area contributed by atoms with Crippen LogP contribution in [-0.2, 0) is 0 Å². The molecule has 0 heterocycles. The van der Waals surface area contributed by atoms with Gasteiger partial charge in [-0.1, -0.05) is 18.2 Å². The summed E-state index contributed by atoms with van der Waals surface area (Å²) in [6.45, 7) is 3.77. The first-order chi connectivity index (χ1) is 9.47. The van der Waals surface area contributed by atoms with Crippen LogP contribution in [0.5, 0.6) is 11.5 Å². The average Bonchev–Trinajstić information content (AvgIpc) is 2.37. The topological polar surface area (TPSA) is 52.5 Å². The van der Waals surface area contributed by atoms with Crippen LogP contribution in [0.1, 0.15) is 37.1 Å². The highest BCUT2D eigenvalue weighted by atomic mass is 19.1. The van der Waals surface area contributed by atoms with Crippen LogP contribution < -0.4 is 5.32 Å². The standard InChI is InChI=1S/C16H18FNO2/c1-10(12-7-13(19)9-14(20)8-12)18-11(2)15-5-3-4-6-16(15)17/h3-11,18-20H,1-2H3/t10?,11-/m1/s1. The summed E-state index contributed by atoms with van der Waals surface area (Å²) >= 11 is 0. The maximum atomic E-state index is 13.7. The molecule has 0 aromatic heterocycles. The summed E-state index contributed by atoms with van der Waals surface area (Å²) < 4.78 is 13.7. The summed E-state index contributed by atoms with van der Waals surface area (Å²) in [5.74, 6) is -0.238. The van der Waals surface area contributed by atoms with Crippen molar-refractivity contribution in [3.63, 3.8) is 0 Å². The molecule has 0 aliphatic heterocycles. The van der Waals surface area contributed by atoms with Crippen LogP contribution in [0.2, 0.25) is 0 Å². The van der Waals surface area contributed by atoms with Gasteiger partial charge in [-0.05, 0) is 37.6 Å². The summed E-state index contributed by atoms with van der Waals surface area (Å²) in [7, 11) is 0. The lowest BCUT2D eigenvalue weighted by molar-refractivity contribution is 0.439. The van der Waals surface area contributed by atoms with Gasteiger partial charge >= 0.3 is 0 Å². The Balaban J connectivity index is 2.15. The second kappa shape index (κ2) is 5.92. The van der Waals surface area contributed by atoms with Gasteiger partial charge in [0.2, 0.25) is 0 Å². The van der Waals surface area contributed by atoms with E-state index in [4.69, 9.17) is 0 Å². The number of phenols is 2. The molecule has 0 fully saturated rings. The minimum absolute atomic E-state index is 0.00666. The Kier molecular flexibility index (Phi) is 4.25. The minimum Gasteiger partial charge on any atom is -0.508 e. The van der Waals surface area contributed by atoms with Crippen LogP contribution in [0.4, 0.5) is 4.39 Å². The molecule has 0 radical (unpaired) electrons. The molecule has 4 heteroatoms. The molecule has 3 N–H and O–H groups in total. The number of hydrogen-bond acceptors (Lipinski definition) is 3. The first-order valence-electron chi connectivity index (χ1n) is 6.50. The molecule has 0 saturated heterocycles. The second-order valence-corrected chi connectivity index (χ2v) is 4.91. The number of phenolic OH excluding ortho intramolecular Hbond substituents is 2. The van der Waals surface area contributed by atoms with E-state index in [-0.39, 0.29) is 29.4 Å². The van der Waals surface area contributed by atoms with Crippen LogP contribution in [0.3, 0.4) is 0 Å². The van der Waals surface area contributed by atoms with Crippen LogP contribution in [0.25, 0.3) is 0 Å². The molecule has 106 valence electrons. The quantitative estimate of drug-likeness (QED) is 0.798. The van der Waals surface area contributed by atoms with E-state index in [1.54, 1.807) is 30.3 Å². The largest absolute Gasteiger partial charge is 0.508 e. The Morgan fingerprint density at radius 2 is 1.55 bits per heavy atom. The zero-order valence-corrected chi connectivity index (χ0v) is 11.5. The van der Waals surface area contributed by atoms with Crippen molar-refractivity contribution >= 4 is 0 Å². The zero-order valence-electron chi connectivity index (χ0n) is 11.5. The third-order valence-corrected chi connectivity index (χ3v) is 3.30. The Hall–Kier alpha value is -2.07. The molecule has 3 nitrogen and oxygen atoms in total. The highest BCUT2D eigenvalue weighted by Gasteiger charge is 2.15. The Morgan fingerprint density at radius 3 is 2.15 bits per heavy atom. The lowest BCUT2D eigenvalue weighted by atomic mass is 10.0. The van der Waals surface area contributed by atoms with Crippen molar-refractivity contribution in [2.75, 3.05) is 0 Å². The van der Waals surface area contributed by atoms with E-state index in [0.29, 0.717) is 5.56 Å². The number of nitrogens with one attached hydrogen (secondary N) is 1. The number of benzene rings is 2. The normalized spacial score (nSPS) is 13.9. The van der Waals surface area contributed by atoms with Gasteiger partial charge in [0.25, 0.3) is 0 Å². The van der Waals surface area contributed by atoms with Crippen LogP contribution >= 0.6 is 0 Å². The van der Waals surface area contributed by atoms with E-state index in [1.165, 1.54) is 12.1 Å². The number of halogens is 1. The highest BCUT2D eigenvalue weighted by molar-refractivity contribution is 5.38. The molecule has 0 aliphatic carbocycles. The van der Waals surface area contributed by atoms with Gasteiger partial charge in [-0.15, -0.1) is 0 Å². The first kappa shape index (κ1) is 14.3. The van der Waals surface area contributed by atoms with Crippen molar-refractivity contribution in [1.82, 2.24) is 5.32 Å². The Morgan fingerprint density at radius 1 is 0.950 bits per heavy atom. The summed E-state index contributed by atoms with van der Waals surface area (Å²) in [6, 6.07) is 10.7. The van der Waals surface area contributed by atoms with Gasteiger partial charge in [-0.3, -0.25) is 0 Å². The molecule has 0 bridgehead atoms. The minimum atomic E-state index is -0.251. The monoisotopic (exact) mass is 275 g/mol. The van der Waals surface area contributed by atoms with E-state index in [2.05, 4.69) is 5.32 Å². The molecule has 0 saturated carbocycles. The summed E-state index contributed by atoms with van der Waals surface area (Å²) in [5.41, 5.74) is 1.33. The second-order valence-electron chi connectivity index (χ2n) is 4.91. The van der Waals surface area contributed by atoms with Gasteiger partial charge in [0.1, 0.15) is 17.3 Å². The van der Waals surface area contributed by atoms with E-state index < -0.39 is 0 Å². The fraction of sp³-hybridized carbons (Fsp3) is 0.250. The van der Waals surface area contributed by atoms with Crippen molar-refractivity contribution < 1.29 is 14.6 Å². The average molecular weight is 275 g/mol. The summed E-state index contributed by atoms with van der Waals surface area (Å²) in [4.78, 5) is 0. The molecule has 0 aliphatic rings. The van der Waals surface area contributed by atoms with E-state index in [1.807, 2.05) is 13.8 Å². The third kappa shape index (κ3) is 3.27. The fourth-order valence-electron chi connectivity index (χ4n) is 2.26. The van der Waals surface area contributed by atoms with Crippen molar-refractivity contribution in [2.24, 2.45) is 0 Å². The molecular weight excluding hydrogens is 257 g/mol. The molecule has 0 spiro atoms. The molecule has 2 atom stereocenters. The first-order valence-corrected chi connectivity index (χ1v) is 6.50. The van der Waals surface area contributed by atoms with Crippen LogP contribution in [-0.4, -0.2) is 10.2 Å². The number of rotatable bonds is 4. The van der Waals surface area contributed by atoms with Gasteiger partial charge in [0, 0.05) is 23.7 Å². The van der Waals surface area contributed by atoms with Crippen molar-refractivity contribution in [3.05, 3.63) is 59.4 Å². The summed E-state index contributed by atoms with van der Waals surface area (Å²) in [6.07, 6.45) is 0. The molecule has 1 unspecified atom stereocenters.